The van der Waals surface area contributed by atoms with Gasteiger partial charge in [-0.3, -0.25) is 4.98 Å². The first-order valence-corrected chi connectivity index (χ1v) is 6.37. The predicted octanol–water partition coefficient (Wildman–Crippen LogP) is 2.78. The van der Waals surface area contributed by atoms with Crippen molar-refractivity contribution in [3.8, 4) is 0 Å². The maximum atomic E-state index is 4.09. The van der Waals surface area contributed by atoms with Crippen molar-refractivity contribution in [2.75, 3.05) is 6.54 Å². The number of aryl methyl sites for hydroxylation is 1. The molecule has 2 nitrogen and oxygen atoms in total. The van der Waals surface area contributed by atoms with Crippen LogP contribution in [-0.2, 0) is 13.0 Å². The van der Waals surface area contributed by atoms with Crippen molar-refractivity contribution in [2.45, 2.75) is 19.9 Å². The van der Waals surface area contributed by atoms with Crippen molar-refractivity contribution < 1.29 is 0 Å². The van der Waals surface area contributed by atoms with Crippen LogP contribution >= 0.6 is 11.3 Å². The van der Waals surface area contributed by atoms with Crippen LogP contribution in [0, 0.1) is 6.92 Å². The normalized spacial score (nSPS) is 10.6. The van der Waals surface area contributed by atoms with Crippen molar-refractivity contribution in [2.24, 2.45) is 0 Å². The van der Waals surface area contributed by atoms with Gasteiger partial charge in [0.15, 0.2) is 0 Å². The molecule has 0 radical (unpaired) electrons. The number of thiophene rings is 1. The summed E-state index contributed by atoms with van der Waals surface area (Å²) in [5, 5.41) is 5.59. The van der Waals surface area contributed by atoms with Gasteiger partial charge >= 0.3 is 0 Å². The van der Waals surface area contributed by atoms with Gasteiger partial charge in [-0.25, -0.2) is 0 Å². The van der Waals surface area contributed by atoms with E-state index in [0.717, 1.165) is 19.5 Å². The highest BCUT2D eigenvalue weighted by Gasteiger charge is 1.97. The van der Waals surface area contributed by atoms with E-state index in [-0.39, 0.29) is 0 Å². The molecule has 0 bridgehead atoms. The van der Waals surface area contributed by atoms with E-state index in [1.54, 1.807) is 0 Å². The standard InChI is InChI=1S/C13H16N2S/c1-11-9-14-6-4-12(11)10-15-7-5-13-3-2-8-16-13/h2-4,6,8-9,15H,5,7,10H2,1H3. The summed E-state index contributed by atoms with van der Waals surface area (Å²) in [7, 11) is 0. The first-order valence-electron chi connectivity index (χ1n) is 5.49. The number of pyridine rings is 1. The maximum absolute atomic E-state index is 4.09. The number of hydrogen-bond acceptors (Lipinski definition) is 3. The molecule has 0 aromatic carbocycles. The quantitative estimate of drug-likeness (QED) is 0.802. The maximum Gasteiger partial charge on any atom is 0.0300 e. The van der Waals surface area contributed by atoms with E-state index in [2.05, 4.69) is 40.8 Å². The van der Waals surface area contributed by atoms with Gasteiger partial charge in [-0.15, -0.1) is 11.3 Å². The molecule has 2 aromatic heterocycles. The van der Waals surface area contributed by atoms with E-state index in [0.29, 0.717) is 0 Å². The molecule has 0 saturated carbocycles. The Bertz CT molecular complexity index is 423. The van der Waals surface area contributed by atoms with Gasteiger partial charge in [0, 0.05) is 30.4 Å². The molecule has 0 atom stereocenters. The molecule has 0 amide bonds. The third-order valence-corrected chi connectivity index (χ3v) is 3.52. The van der Waals surface area contributed by atoms with E-state index in [1.165, 1.54) is 16.0 Å². The smallest absolute Gasteiger partial charge is 0.0300 e. The van der Waals surface area contributed by atoms with Crippen LogP contribution < -0.4 is 5.32 Å². The summed E-state index contributed by atoms with van der Waals surface area (Å²) in [6, 6.07) is 6.37. The van der Waals surface area contributed by atoms with Gasteiger partial charge in [-0.05, 0) is 42.0 Å². The second kappa shape index (κ2) is 5.77. The van der Waals surface area contributed by atoms with Crippen molar-refractivity contribution in [3.63, 3.8) is 0 Å². The minimum atomic E-state index is 0.930. The van der Waals surface area contributed by atoms with Crippen molar-refractivity contribution >= 4 is 11.3 Å². The molecule has 2 rings (SSSR count). The SMILES string of the molecule is Cc1cnccc1CNCCc1cccs1. The average Bonchev–Trinajstić information content (AvgIpc) is 2.79. The summed E-state index contributed by atoms with van der Waals surface area (Å²) < 4.78 is 0. The Kier molecular flexibility index (Phi) is 4.08. The largest absolute Gasteiger partial charge is 0.312 e. The zero-order chi connectivity index (χ0) is 11.2. The van der Waals surface area contributed by atoms with Crippen molar-refractivity contribution in [1.82, 2.24) is 10.3 Å². The summed E-state index contributed by atoms with van der Waals surface area (Å²) >= 11 is 1.82. The van der Waals surface area contributed by atoms with Crippen LogP contribution in [0.25, 0.3) is 0 Å². The summed E-state index contributed by atoms with van der Waals surface area (Å²) in [6.07, 6.45) is 4.88. The third kappa shape index (κ3) is 3.15. The van der Waals surface area contributed by atoms with E-state index < -0.39 is 0 Å². The lowest BCUT2D eigenvalue weighted by Gasteiger charge is -2.06. The van der Waals surface area contributed by atoms with Crippen molar-refractivity contribution in [3.05, 3.63) is 52.0 Å². The molecule has 3 heteroatoms. The van der Waals surface area contributed by atoms with Gasteiger partial charge in [-0.2, -0.15) is 0 Å². The topological polar surface area (TPSA) is 24.9 Å². The highest BCUT2D eigenvalue weighted by molar-refractivity contribution is 7.09. The lowest BCUT2D eigenvalue weighted by Crippen LogP contribution is -2.16. The number of hydrogen-bond donors (Lipinski definition) is 1. The zero-order valence-corrected chi connectivity index (χ0v) is 10.3. The highest BCUT2D eigenvalue weighted by Crippen LogP contribution is 2.08. The van der Waals surface area contributed by atoms with Crippen molar-refractivity contribution in [1.29, 1.82) is 0 Å². The Morgan fingerprint density at radius 2 is 2.31 bits per heavy atom. The Balaban J connectivity index is 1.74. The van der Waals surface area contributed by atoms with Gasteiger partial charge in [-0.1, -0.05) is 6.07 Å². The summed E-state index contributed by atoms with van der Waals surface area (Å²) in [6.45, 7) is 4.06. The fourth-order valence-electron chi connectivity index (χ4n) is 1.59. The van der Waals surface area contributed by atoms with E-state index in [1.807, 2.05) is 23.7 Å². The predicted molar refractivity (Wildman–Crippen MR) is 68.7 cm³/mol. The lowest BCUT2D eigenvalue weighted by molar-refractivity contribution is 0.687. The molecular formula is C13H16N2S. The van der Waals surface area contributed by atoms with Gasteiger partial charge in [0.1, 0.15) is 0 Å². The first kappa shape index (κ1) is 11.3. The Labute approximate surface area is 100 Å². The fraction of sp³-hybridized carbons (Fsp3) is 0.308. The molecule has 0 aliphatic carbocycles. The molecule has 0 aliphatic heterocycles. The molecule has 0 saturated heterocycles. The van der Waals surface area contributed by atoms with Crippen LogP contribution in [0.1, 0.15) is 16.0 Å². The lowest BCUT2D eigenvalue weighted by atomic mass is 10.1. The Morgan fingerprint density at radius 1 is 1.38 bits per heavy atom. The van der Waals surface area contributed by atoms with Crippen LogP contribution in [-0.4, -0.2) is 11.5 Å². The number of aromatic nitrogens is 1. The summed E-state index contributed by atoms with van der Waals surface area (Å²) in [5.74, 6) is 0. The molecule has 2 heterocycles. The van der Waals surface area contributed by atoms with Crippen LogP contribution in [0.5, 0.6) is 0 Å². The first-order chi connectivity index (χ1) is 7.86. The van der Waals surface area contributed by atoms with Gasteiger partial charge in [0.25, 0.3) is 0 Å². The Morgan fingerprint density at radius 3 is 3.06 bits per heavy atom. The number of nitrogens with zero attached hydrogens (tertiary/aromatic N) is 1. The van der Waals surface area contributed by atoms with Gasteiger partial charge in [0.05, 0.1) is 0 Å². The molecular weight excluding hydrogens is 216 g/mol. The van der Waals surface area contributed by atoms with Crippen LogP contribution in [0.15, 0.2) is 36.0 Å². The Hall–Kier alpha value is -1.19. The van der Waals surface area contributed by atoms with Gasteiger partial charge < -0.3 is 5.32 Å². The minimum absolute atomic E-state index is 0.930. The van der Waals surface area contributed by atoms with E-state index in [9.17, 15) is 0 Å². The second-order valence-electron chi connectivity index (χ2n) is 3.81. The van der Waals surface area contributed by atoms with Gasteiger partial charge in [0.2, 0.25) is 0 Å². The monoisotopic (exact) mass is 232 g/mol. The van der Waals surface area contributed by atoms with E-state index in [4.69, 9.17) is 0 Å². The molecule has 0 spiro atoms. The van der Waals surface area contributed by atoms with Crippen LogP contribution in [0.2, 0.25) is 0 Å². The second-order valence-corrected chi connectivity index (χ2v) is 4.84. The van der Waals surface area contributed by atoms with Crippen LogP contribution in [0.4, 0.5) is 0 Å². The summed E-state index contributed by atoms with van der Waals surface area (Å²) in [5.41, 5.74) is 2.59. The average molecular weight is 232 g/mol. The number of rotatable bonds is 5. The molecule has 0 aliphatic rings. The van der Waals surface area contributed by atoms with E-state index >= 15 is 0 Å². The molecule has 2 aromatic rings. The molecule has 84 valence electrons. The third-order valence-electron chi connectivity index (χ3n) is 2.58. The van der Waals surface area contributed by atoms with Crippen LogP contribution in [0.3, 0.4) is 0 Å². The minimum Gasteiger partial charge on any atom is -0.312 e. The fourth-order valence-corrected chi connectivity index (χ4v) is 2.30. The summed E-state index contributed by atoms with van der Waals surface area (Å²) in [4.78, 5) is 5.53. The number of nitrogens with one attached hydrogen (secondary N) is 1. The molecule has 0 fully saturated rings. The molecule has 0 unspecified atom stereocenters. The molecule has 1 N–H and O–H groups in total. The molecule has 16 heavy (non-hydrogen) atoms. The highest BCUT2D eigenvalue weighted by atomic mass is 32.1. The zero-order valence-electron chi connectivity index (χ0n) is 9.44.